The number of likely N-dealkylation sites (tertiary alicyclic amines) is 1. The predicted molar refractivity (Wildman–Crippen MR) is 96.3 cm³/mol. The molecular weight excluding hydrogens is 282 g/mol. The van der Waals surface area contributed by atoms with E-state index in [1.165, 1.54) is 21.5 Å². The monoisotopic (exact) mass is 301 g/mol. The van der Waals surface area contributed by atoms with E-state index in [2.05, 4.69) is 54.6 Å². The van der Waals surface area contributed by atoms with E-state index in [9.17, 15) is 4.79 Å². The van der Waals surface area contributed by atoms with Crippen LogP contribution in [0.25, 0.3) is 27.6 Å². The zero-order chi connectivity index (χ0) is 15.6. The smallest absolute Gasteiger partial charge is 0.246 e. The lowest BCUT2D eigenvalue weighted by Crippen LogP contribution is -2.25. The minimum absolute atomic E-state index is 0.125. The fourth-order valence-corrected chi connectivity index (χ4v) is 3.43. The topological polar surface area (TPSA) is 20.3 Å². The predicted octanol–water partition coefficient (Wildman–Crippen LogP) is 4.63. The van der Waals surface area contributed by atoms with Crippen molar-refractivity contribution in [3.63, 3.8) is 0 Å². The van der Waals surface area contributed by atoms with Crippen molar-refractivity contribution in [3.05, 3.63) is 66.2 Å². The van der Waals surface area contributed by atoms with Crippen LogP contribution in [-0.2, 0) is 4.79 Å². The summed E-state index contributed by atoms with van der Waals surface area (Å²) >= 11 is 0. The van der Waals surface area contributed by atoms with Crippen LogP contribution >= 0.6 is 0 Å². The maximum atomic E-state index is 12.3. The molecule has 0 N–H and O–H groups in total. The highest BCUT2D eigenvalue weighted by atomic mass is 16.2. The van der Waals surface area contributed by atoms with Gasteiger partial charge in [0, 0.05) is 19.2 Å². The Morgan fingerprint density at radius 3 is 2.04 bits per heavy atom. The number of carbonyl (C=O) groups excluding carboxylic acids is 1. The Balaban J connectivity index is 1.84. The van der Waals surface area contributed by atoms with Gasteiger partial charge >= 0.3 is 0 Å². The normalized spacial score (nSPS) is 15.0. The summed E-state index contributed by atoms with van der Waals surface area (Å²) in [6, 6.07) is 18.9. The van der Waals surface area contributed by atoms with E-state index in [0.29, 0.717) is 0 Å². The van der Waals surface area contributed by atoms with E-state index in [1.807, 2.05) is 11.0 Å². The van der Waals surface area contributed by atoms with Crippen LogP contribution < -0.4 is 0 Å². The largest absolute Gasteiger partial charge is 0.339 e. The molecular formula is C21H19NO. The molecule has 3 aromatic rings. The van der Waals surface area contributed by atoms with Gasteiger partial charge in [0.1, 0.15) is 0 Å². The number of nitrogens with zero attached hydrogens (tertiary/aromatic N) is 1. The number of amides is 1. The Hall–Kier alpha value is -2.61. The van der Waals surface area contributed by atoms with Crippen LogP contribution in [0.1, 0.15) is 18.4 Å². The van der Waals surface area contributed by atoms with Crippen molar-refractivity contribution in [2.75, 3.05) is 13.1 Å². The molecule has 1 fully saturated rings. The third-order valence-corrected chi connectivity index (χ3v) is 4.62. The first-order chi connectivity index (χ1) is 11.3. The summed E-state index contributed by atoms with van der Waals surface area (Å²) < 4.78 is 0. The molecule has 1 aliphatic rings. The van der Waals surface area contributed by atoms with E-state index < -0.39 is 0 Å². The molecule has 3 aromatic carbocycles. The Morgan fingerprint density at radius 1 is 0.870 bits per heavy atom. The second kappa shape index (κ2) is 5.88. The molecule has 4 rings (SSSR count). The molecule has 2 heteroatoms. The van der Waals surface area contributed by atoms with E-state index in [-0.39, 0.29) is 5.91 Å². The first kappa shape index (κ1) is 14.0. The molecule has 23 heavy (non-hydrogen) atoms. The van der Waals surface area contributed by atoms with Gasteiger partial charge in [0.05, 0.1) is 0 Å². The lowest BCUT2D eigenvalue weighted by molar-refractivity contribution is -0.124. The molecule has 1 aliphatic heterocycles. The molecule has 0 bridgehead atoms. The van der Waals surface area contributed by atoms with Gasteiger partial charge in [-0.05, 0) is 52.1 Å². The molecule has 0 radical (unpaired) electrons. The van der Waals surface area contributed by atoms with Gasteiger partial charge in [0.2, 0.25) is 5.91 Å². The SMILES string of the molecule is O=C(/C=C/c1c2ccccc2cc2ccccc12)N1CCCC1. The number of hydrogen-bond donors (Lipinski definition) is 0. The van der Waals surface area contributed by atoms with Gasteiger partial charge in [-0.15, -0.1) is 0 Å². The first-order valence-corrected chi connectivity index (χ1v) is 8.20. The molecule has 1 amide bonds. The minimum Gasteiger partial charge on any atom is -0.339 e. The fraction of sp³-hybridized carbons (Fsp3) is 0.190. The van der Waals surface area contributed by atoms with Gasteiger partial charge in [-0.2, -0.15) is 0 Å². The minimum atomic E-state index is 0.125. The van der Waals surface area contributed by atoms with Gasteiger partial charge < -0.3 is 4.90 Å². The van der Waals surface area contributed by atoms with Crippen molar-refractivity contribution in [2.45, 2.75) is 12.8 Å². The van der Waals surface area contributed by atoms with Crippen molar-refractivity contribution >= 4 is 33.5 Å². The number of carbonyl (C=O) groups is 1. The van der Waals surface area contributed by atoms with E-state index in [0.717, 1.165) is 31.5 Å². The van der Waals surface area contributed by atoms with Crippen LogP contribution in [0.2, 0.25) is 0 Å². The highest BCUT2D eigenvalue weighted by Gasteiger charge is 2.15. The Kier molecular flexibility index (Phi) is 3.58. The quantitative estimate of drug-likeness (QED) is 0.499. The standard InChI is InChI=1S/C21H19NO/c23-21(22-13-5-6-14-22)12-11-20-18-9-3-1-7-16(18)15-17-8-2-4-10-19(17)20/h1-4,7-12,15H,5-6,13-14H2/b12-11+. The Bertz CT molecular complexity index is 850. The summed E-state index contributed by atoms with van der Waals surface area (Å²) in [6.45, 7) is 1.78. The van der Waals surface area contributed by atoms with Gasteiger partial charge in [0.15, 0.2) is 0 Å². The van der Waals surface area contributed by atoms with Crippen molar-refractivity contribution in [1.29, 1.82) is 0 Å². The first-order valence-electron chi connectivity index (χ1n) is 8.20. The number of rotatable bonds is 2. The van der Waals surface area contributed by atoms with E-state index >= 15 is 0 Å². The van der Waals surface area contributed by atoms with Crippen LogP contribution in [0, 0.1) is 0 Å². The zero-order valence-corrected chi connectivity index (χ0v) is 13.0. The average Bonchev–Trinajstić information content (AvgIpc) is 3.13. The molecule has 1 saturated heterocycles. The molecule has 0 unspecified atom stereocenters. The maximum Gasteiger partial charge on any atom is 0.246 e. The van der Waals surface area contributed by atoms with Crippen LogP contribution in [-0.4, -0.2) is 23.9 Å². The second-order valence-electron chi connectivity index (χ2n) is 6.10. The third kappa shape index (κ3) is 2.61. The molecule has 1 heterocycles. The summed E-state index contributed by atoms with van der Waals surface area (Å²) in [5.74, 6) is 0.125. The second-order valence-corrected chi connectivity index (χ2v) is 6.10. The zero-order valence-electron chi connectivity index (χ0n) is 13.0. The highest BCUT2D eigenvalue weighted by Crippen LogP contribution is 2.29. The molecule has 0 aliphatic carbocycles. The average molecular weight is 301 g/mol. The van der Waals surface area contributed by atoms with Gasteiger partial charge in [-0.3, -0.25) is 4.79 Å². The summed E-state index contributed by atoms with van der Waals surface area (Å²) in [6.07, 6.45) is 5.97. The Labute approximate surface area is 136 Å². The maximum absolute atomic E-state index is 12.3. The lowest BCUT2D eigenvalue weighted by Gasteiger charge is -2.12. The van der Waals surface area contributed by atoms with E-state index in [4.69, 9.17) is 0 Å². The fourth-order valence-electron chi connectivity index (χ4n) is 3.43. The molecule has 0 spiro atoms. The van der Waals surface area contributed by atoms with E-state index in [1.54, 1.807) is 6.08 Å². The molecule has 0 aromatic heterocycles. The van der Waals surface area contributed by atoms with Crippen LogP contribution in [0.5, 0.6) is 0 Å². The Morgan fingerprint density at radius 2 is 1.43 bits per heavy atom. The lowest BCUT2D eigenvalue weighted by atomic mass is 9.96. The molecule has 0 saturated carbocycles. The summed E-state index contributed by atoms with van der Waals surface area (Å²) in [5, 5.41) is 4.80. The summed E-state index contributed by atoms with van der Waals surface area (Å²) in [4.78, 5) is 14.3. The summed E-state index contributed by atoms with van der Waals surface area (Å²) in [5.41, 5.74) is 1.13. The number of hydrogen-bond acceptors (Lipinski definition) is 1. The van der Waals surface area contributed by atoms with Crippen LogP contribution in [0.4, 0.5) is 0 Å². The molecule has 0 atom stereocenters. The molecule has 114 valence electrons. The van der Waals surface area contributed by atoms with Crippen molar-refractivity contribution in [2.24, 2.45) is 0 Å². The van der Waals surface area contributed by atoms with Gasteiger partial charge in [-0.1, -0.05) is 48.5 Å². The van der Waals surface area contributed by atoms with Crippen LogP contribution in [0.15, 0.2) is 60.7 Å². The van der Waals surface area contributed by atoms with Crippen molar-refractivity contribution < 1.29 is 4.79 Å². The van der Waals surface area contributed by atoms with Crippen molar-refractivity contribution in [3.8, 4) is 0 Å². The van der Waals surface area contributed by atoms with Crippen molar-refractivity contribution in [1.82, 2.24) is 4.90 Å². The summed E-state index contributed by atoms with van der Waals surface area (Å²) in [7, 11) is 0. The highest BCUT2D eigenvalue weighted by molar-refractivity contribution is 6.08. The number of benzene rings is 3. The molecule has 2 nitrogen and oxygen atoms in total. The van der Waals surface area contributed by atoms with Crippen LogP contribution in [0.3, 0.4) is 0 Å². The third-order valence-electron chi connectivity index (χ3n) is 4.62. The number of fused-ring (bicyclic) bond motifs is 2. The van der Waals surface area contributed by atoms with Gasteiger partial charge in [0.25, 0.3) is 0 Å². The van der Waals surface area contributed by atoms with Gasteiger partial charge in [-0.25, -0.2) is 0 Å².